The number of phenols is 1. The molecule has 43 heavy (non-hydrogen) atoms. The minimum Gasteiger partial charge on any atom is -0.508 e. The van der Waals surface area contributed by atoms with Gasteiger partial charge in [-0.2, -0.15) is 0 Å². The minimum atomic E-state index is -0.645. The van der Waals surface area contributed by atoms with E-state index in [0.717, 1.165) is 28.7 Å². The van der Waals surface area contributed by atoms with E-state index >= 15 is 0 Å². The van der Waals surface area contributed by atoms with Crippen LogP contribution in [0.4, 0.5) is 4.79 Å². The highest BCUT2D eigenvalue weighted by Gasteiger charge is 2.21. The average Bonchev–Trinajstić information content (AvgIpc) is 2.95. The van der Waals surface area contributed by atoms with Gasteiger partial charge in [0.05, 0.1) is 6.54 Å². The highest BCUT2D eigenvalue weighted by molar-refractivity contribution is 5.98. The zero-order valence-electron chi connectivity index (χ0n) is 26.4. The van der Waals surface area contributed by atoms with E-state index in [9.17, 15) is 14.7 Å². The molecule has 0 unspecified atom stereocenters. The number of nitrogens with zero attached hydrogens (tertiary/aromatic N) is 2. The number of rotatable bonds is 11. The van der Waals surface area contributed by atoms with Crippen molar-refractivity contribution in [1.82, 2.24) is 9.80 Å². The second kappa shape index (κ2) is 15.1. The number of carbonyl (C=O) groups excluding carboxylic acids is 2. The molecule has 0 fully saturated rings. The molecule has 228 valence electrons. The highest BCUT2D eigenvalue weighted by atomic mass is 16.6. The summed E-state index contributed by atoms with van der Waals surface area (Å²) < 4.78 is 11.6. The zero-order valence-corrected chi connectivity index (χ0v) is 26.4. The summed E-state index contributed by atoms with van der Waals surface area (Å²) in [7, 11) is 3.35. The monoisotopic (exact) mass is 584 g/mol. The summed E-state index contributed by atoms with van der Waals surface area (Å²) in [6.45, 7) is 10.4. The summed E-state index contributed by atoms with van der Waals surface area (Å²) >= 11 is 0. The normalized spacial score (nSPS) is 12.1. The van der Waals surface area contributed by atoms with Crippen molar-refractivity contribution in [2.75, 3.05) is 33.8 Å². The Labute approximate surface area is 256 Å². The van der Waals surface area contributed by atoms with Crippen molar-refractivity contribution in [2.24, 2.45) is 0 Å². The lowest BCUT2D eigenvalue weighted by Crippen LogP contribution is -2.39. The van der Waals surface area contributed by atoms with Gasteiger partial charge in [-0.1, -0.05) is 67.1 Å². The minimum absolute atomic E-state index is 0.158. The van der Waals surface area contributed by atoms with Crippen LogP contribution in [-0.2, 0) is 9.53 Å². The van der Waals surface area contributed by atoms with Crippen molar-refractivity contribution < 1.29 is 24.2 Å². The molecule has 0 aliphatic rings. The molecule has 0 atom stereocenters. The predicted octanol–water partition coefficient (Wildman–Crippen LogP) is 7.33. The number of phenolic OH excluding ortho intramolecular Hbond substituents is 1. The summed E-state index contributed by atoms with van der Waals surface area (Å²) in [5.74, 6) is 0.736. The van der Waals surface area contributed by atoms with Crippen molar-refractivity contribution >= 4 is 23.1 Å². The van der Waals surface area contributed by atoms with E-state index in [1.165, 1.54) is 27.0 Å². The van der Waals surface area contributed by atoms with Gasteiger partial charge in [0.25, 0.3) is 0 Å². The van der Waals surface area contributed by atoms with Crippen LogP contribution in [0.1, 0.15) is 56.4 Å². The summed E-state index contributed by atoms with van der Waals surface area (Å²) in [4.78, 5) is 27.7. The first-order valence-corrected chi connectivity index (χ1v) is 14.6. The van der Waals surface area contributed by atoms with Crippen molar-refractivity contribution in [3.63, 3.8) is 0 Å². The van der Waals surface area contributed by atoms with Gasteiger partial charge in [0.15, 0.2) is 0 Å². The summed E-state index contributed by atoms with van der Waals surface area (Å²) in [5.41, 5.74) is 6.05. The molecule has 0 aliphatic carbocycles. The predicted molar refractivity (Wildman–Crippen MR) is 173 cm³/mol. The van der Waals surface area contributed by atoms with Gasteiger partial charge in [0.1, 0.15) is 23.7 Å². The molecule has 0 radical (unpaired) electrons. The van der Waals surface area contributed by atoms with Gasteiger partial charge >= 0.3 is 6.09 Å². The number of amides is 2. The number of likely N-dealkylation sites (N-methyl/N-ethyl adjacent to an activating group) is 1. The number of aryl methyl sites for hydroxylation is 1. The van der Waals surface area contributed by atoms with E-state index in [0.29, 0.717) is 5.75 Å². The number of ether oxygens (including phenoxy) is 2. The maximum Gasteiger partial charge on any atom is 0.410 e. The van der Waals surface area contributed by atoms with Crippen LogP contribution in [0.5, 0.6) is 11.5 Å². The van der Waals surface area contributed by atoms with E-state index < -0.39 is 11.7 Å². The first kappa shape index (κ1) is 33.0. The SMILES string of the molecule is CC/C(=C(\c1ccc(O)cc1)c1ccc(OCCN(C/C=C/C(=O)N(C)C)C(=O)OC(C)(C)C)cc1)c1ccc(C)cc1. The van der Waals surface area contributed by atoms with Crippen LogP contribution in [0.3, 0.4) is 0 Å². The summed E-state index contributed by atoms with van der Waals surface area (Å²) in [6, 6.07) is 23.7. The molecule has 0 bridgehead atoms. The standard InChI is InChI=1S/C36H44N2O5/c1-8-32(27-13-11-26(2)12-14-27)34(28-15-19-30(39)20-16-28)29-17-21-31(22-18-29)42-25-24-38(35(41)43-36(3,4)5)23-9-10-33(40)37(6)7/h9-22,39H,8,23-25H2,1-7H3/b10-9+,34-32-. The van der Waals surface area contributed by atoms with E-state index in [1.807, 2.05) is 57.2 Å². The Kier molecular flexibility index (Phi) is 11.6. The third-order valence-electron chi connectivity index (χ3n) is 6.66. The molecule has 0 aliphatic heterocycles. The van der Waals surface area contributed by atoms with Gasteiger partial charge in [-0.25, -0.2) is 4.79 Å². The summed E-state index contributed by atoms with van der Waals surface area (Å²) in [6.07, 6.45) is 3.45. The molecule has 0 spiro atoms. The highest BCUT2D eigenvalue weighted by Crippen LogP contribution is 2.35. The fraction of sp³-hybridized carbons (Fsp3) is 0.333. The third kappa shape index (κ3) is 10.1. The Hall–Kier alpha value is -4.52. The van der Waals surface area contributed by atoms with Gasteiger partial charge in [-0.3, -0.25) is 4.79 Å². The fourth-order valence-corrected chi connectivity index (χ4v) is 4.43. The van der Waals surface area contributed by atoms with Crippen LogP contribution in [-0.4, -0.2) is 66.3 Å². The molecule has 0 saturated heterocycles. The quantitative estimate of drug-likeness (QED) is 0.189. The maximum absolute atomic E-state index is 12.8. The molecule has 0 aromatic heterocycles. The van der Waals surface area contributed by atoms with Crippen molar-refractivity contribution in [2.45, 2.75) is 46.6 Å². The molecule has 0 heterocycles. The molecule has 3 rings (SSSR count). The molecule has 0 saturated carbocycles. The number of hydrogen-bond donors (Lipinski definition) is 1. The van der Waals surface area contributed by atoms with Crippen LogP contribution in [0.25, 0.3) is 11.1 Å². The number of aromatic hydroxyl groups is 1. The molecule has 3 aromatic carbocycles. The van der Waals surface area contributed by atoms with Gasteiger partial charge < -0.3 is 24.4 Å². The van der Waals surface area contributed by atoms with Crippen molar-refractivity contribution in [3.8, 4) is 11.5 Å². The van der Waals surface area contributed by atoms with Gasteiger partial charge in [-0.05, 0) is 86.2 Å². The van der Waals surface area contributed by atoms with E-state index in [1.54, 1.807) is 32.3 Å². The Morgan fingerprint density at radius 2 is 1.42 bits per heavy atom. The van der Waals surface area contributed by atoms with E-state index in [2.05, 4.69) is 38.1 Å². The molecule has 7 nitrogen and oxygen atoms in total. The fourth-order valence-electron chi connectivity index (χ4n) is 4.43. The first-order chi connectivity index (χ1) is 20.4. The van der Waals surface area contributed by atoms with E-state index in [-0.39, 0.29) is 31.4 Å². The smallest absolute Gasteiger partial charge is 0.410 e. The number of hydrogen-bond acceptors (Lipinski definition) is 5. The molecular formula is C36H44N2O5. The Bertz CT molecular complexity index is 1410. The van der Waals surface area contributed by atoms with Crippen molar-refractivity contribution in [3.05, 3.63) is 107 Å². The second-order valence-corrected chi connectivity index (χ2v) is 11.6. The average molecular weight is 585 g/mol. The molecular weight excluding hydrogens is 540 g/mol. The van der Waals surface area contributed by atoms with Crippen molar-refractivity contribution in [1.29, 1.82) is 0 Å². The van der Waals surface area contributed by atoms with E-state index in [4.69, 9.17) is 9.47 Å². The lowest BCUT2D eigenvalue weighted by Gasteiger charge is -2.26. The topological polar surface area (TPSA) is 79.3 Å². The molecule has 2 amide bonds. The van der Waals surface area contributed by atoms with Crippen LogP contribution in [0.2, 0.25) is 0 Å². The second-order valence-electron chi connectivity index (χ2n) is 11.6. The first-order valence-electron chi connectivity index (χ1n) is 14.6. The Morgan fingerprint density at radius 3 is 1.95 bits per heavy atom. The number of allylic oxidation sites excluding steroid dienone is 1. The number of benzene rings is 3. The van der Waals surface area contributed by atoms with Crippen LogP contribution < -0.4 is 4.74 Å². The molecule has 3 aromatic rings. The Morgan fingerprint density at radius 1 is 0.860 bits per heavy atom. The molecule has 7 heteroatoms. The zero-order chi connectivity index (χ0) is 31.6. The van der Waals surface area contributed by atoms with Crippen LogP contribution in [0.15, 0.2) is 84.9 Å². The lowest BCUT2D eigenvalue weighted by molar-refractivity contribution is -0.123. The lowest BCUT2D eigenvalue weighted by atomic mass is 9.88. The van der Waals surface area contributed by atoms with Gasteiger partial charge in [-0.15, -0.1) is 0 Å². The molecule has 1 N–H and O–H groups in total. The van der Waals surface area contributed by atoms with Crippen LogP contribution in [0, 0.1) is 6.92 Å². The van der Waals surface area contributed by atoms with Gasteiger partial charge in [0.2, 0.25) is 5.91 Å². The maximum atomic E-state index is 12.8. The van der Waals surface area contributed by atoms with Crippen LogP contribution >= 0.6 is 0 Å². The number of carbonyl (C=O) groups is 2. The third-order valence-corrected chi connectivity index (χ3v) is 6.66. The largest absolute Gasteiger partial charge is 0.508 e. The summed E-state index contributed by atoms with van der Waals surface area (Å²) in [5, 5.41) is 9.91. The Balaban J connectivity index is 1.81. The van der Waals surface area contributed by atoms with Gasteiger partial charge in [0, 0.05) is 26.7 Å².